The minimum absolute atomic E-state index is 0.113. The SMILES string of the molecule is CNCC(O)c1ccc(CCC(F)F)cc1. The molecule has 16 heavy (non-hydrogen) atoms. The zero-order valence-electron chi connectivity index (χ0n) is 9.29. The molecule has 2 nitrogen and oxygen atoms in total. The second-order valence-electron chi connectivity index (χ2n) is 3.74. The lowest BCUT2D eigenvalue weighted by atomic mass is 10.0. The Hall–Kier alpha value is -1.00. The summed E-state index contributed by atoms with van der Waals surface area (Å²) in [4.78, 5) is 0. The number of aliphatic hydroxyl groups excluding tert-OH is 1. The van der Waals surface area contributed by atoms with Gasteiger partial charge in [-0.15, -0.1) is 0 Å². The Morgan fingerprint density at radius 1 is 1.25 bits per heavy atom. The van der Waals surface area contributed by atoms with E-state index in [1.165, 1.54) is 0 Å². The van der Waals surface area contributed by atoms with E-state index in [0.29, 0.717) is 13.0 Å². The van der Waals surface area contributed by atoms with E-state index in [1.807, 2.05) is 0 Å². The zero-order chi connectivity index (χ0) is 12.0. The van der Waals surface area contributed by atoms with Crippen molar-refractivity contribution in [3.05, 3.63) is 35.4 Å². The highest BCUT2D eigenvalue weighted by molar-refractivity contribution is 5.24. The fraction of sp³-hybridized carbons (Fsp3) is 0.500. The molecule has 0 amide bonds. The predicted octanol–water partition coefficient (Wildman–Crippen LogP) is 2.14. The number of likely N-dealkylation sites (N-methyl/N-ethyl adjacent to an activating group) is 1. The largest absolute Gasteiger partial charge is 0.387 e. The van der Waals surface area contributed by atoms with Gasteiger partial charge in [-0.25, -0.2) is 8.78 Å². The van der Waals surface area contributed by atoms with E-state index in [2.05, 4.69) is 5.32 Å². The molecule has 0 saturated heterocycles. The van der Waals surface area contributed by atoms with Gasteiger partial charge in [0.25, 0.3) is 0 Å². The number of hydrogen-bond donors (Lipinski definition) is 2. The Kier molecular flexibility index (Phi) is 5.35. The van der Waals surface area contributed by atoms with Crippen LogP contribution in [0.1, 0.15) is 23.7 Å². The van der Waals surface area contributed by atoms with Crippen molar-refractivity contribution in [1.82, 2.24) is 5.32 Å². The van der Waals surface area contributed by atoms with E-state index in [9.17, 15) is 13.9 Å². The first-order chi connectivity index (χ1) is 7.63. The summed E-state index contributed by atoms with van der Waals surface area (Å²) >= 11 is 0. The number of benzene rings is 1. The Bertz CT molecular complexity index is 300. The van der Waals surface area contributed by atoms with Crippen molar-refractivity contribution >= 4 is 0 Å². The molecule has 1 rings (SSSR count). The van der Waals surface area contributed by atoms with E-state index in [4.69, 9.17) is 0 Å². The van der Waals surface area contributed by atoms with Crippen LogP contribution in [-0.4, -0.2) is 25.1 Å². The van der Waals surface area contributed by atoms with Crippen LogP contribution in [0.3, 0.4) is 0 Å². The van der Waals surface area contributed by atoms with Gasteiger partial charge >= 0.3 is 0 Å². The van der Waals surface area contributed by atoms with Gasteiger partial charge in [-0.2, -0.15) is 0 Å². The molecule has 1 aromatic carbocycles. The van der Waals surface area contributed by atoms with Gasteiger partial charge in [0, 0.05) is 13.0 Å². The molecule has 1 aromatic rings. The van der Waals surface area contributed by atoms with E-state index >= 15 is 0 Å². The lowest BCUT2D eigenvalue weighted by molar-refractivity contribution is 0.138. The van der Waals surface area contributed by atoms with E-state index in [1.54, 1.807) is 31.3 Å². The summed E-state index contributed by atoms with van der Waals surface area (Å²) in [6.07, 6.45) is -2.54. The number of halogens is 2. The summed E-state index contributed by atoms with van der Waals surface area (Å²) < 4.78 is 24.0. The first-order valence-electron chi connectivity index (χ1n) is 5.33. The van der Waals surface area contributed by atoms with Crippen LogP contribution in [0, 0.1) is 0 Å². The molecule has 0 aliphatic carbocycles. The summed E-state index contributed by atoms with van der Waals surface area (Å²) in [7, 11) is 1.76. The highest BCUT2D eigenvalue weighted by atomic mass is 19.3. The molecule has 1 unspecified atom stereocenters. The van der Waals surface area contributed by atoms with Gasteiger partial charge < -0.3 is 10.4 Å². The van der Waals surface area contributed by atoms with Gasteiger partial charge in [-0.1, -0.05) is 24.3 Å². The molecule has 0 aliphatic heterocycles. The molecule has 0 bridgehead atoms. The Morgan fingerprint density at radius 2 is 1.88 bits per heavy atom. The number of alkyl halides is 2. The van der Waals surface area contributed by atoms with Gasteiger partial charge in [0.15, 0.2) is 0 Å². The van der Waals surface area contributed by atoms with Crippen LogP contribution >= 0.6 is 0 Å². The van der Waals surface area contributed by atoms with Crippen LogP contribution in [0.2, 0.25) is 0 Å². The van der Waals surface area contributed by atoms with Crippen LogP contribution in [-0.2, 0) is 6.42 Å². The number of aryl methyl sites for hydroxylation is 1. The maximum Gasteiger partial charge on any atom is 0.239 e. The maximum absolute atomic E-state index is 12.0. The molecule has 0 heterocycles. The average molecular weight is 229 g/mol. The van der Waals surface area contributed by atoms with E-state index in [0.717, 1.165) is 11.1 Å². The summed E-state index contributed by atoms with van der Waals surface area (Å²) in [5, 5.41) is 12.5. The van der Waals surface area contributed by atoms with Gasteiger partial charge in [-0.3, -0.25) is 0 Å². The number of aliphatic hydroxyl groups is 1. The van der Waals surface area contributed by atoms with Crippen LogP contribution < -0.4 is 5.32 Å². The van der Waals surface area contributed by atoms with E-state index in [-0.39, 0.29) is 6.42 Å². The molecule has 90 valence electrons. The lowest BCUT2D eigenvalue weighted by Crippen LogP contribution is -2.16. The highest BCUT2D eigenvalue weighted by Crippen LogP contribution is 2.15. The Labute approximate surface area is 94.3 Å². The molecule has 0 fully saturated rings. The van der Waals surface area contributed by atoms with Crippen LogP contribution in [0.5, 0.6) is 0 Å². The molecule has 0 saturated carbocycles. The second-order valence-corrected chi connectivity index (χ2v) is 3.74. The lowest BCUT2D eigenvalue weighted by Gasteiger charge is -2.10. The average Bonchev–Trinajstić information content (AvgIpc) is 2.27. The molecule has 4 heteroatoms. The first-order valence-corrected chi connectivity index (χ1v) is 5.33. The molecule has 1 atom stereocenters. The standard InChI is InChI=1S/C12H17F2NO/c1-15-8-11(16)10-5-2-9(3-6-10)4-7-12(13)14/h2-3,5-6,11-12,15-16H,4,7-8H2,1H3. The summed E-state index contributed by atoms with van der Waals surface area (Å²) in [5.74, 6) is 0. The number of hydrogen-bond acceptors (Lipinski definition) is 2. The van der Waals surface area contributed by atoms with Crippen molar-refractivity contribution in [3.8, 4) is 0 Å². The number of nitrogens with one attached hydrogen (secondary N) is 1. The highest BCUT2D eigenvalue weighted by Gasteiger charge is 2.07. The molecule has 2 N–H and O–H groups in total. The van der Waals surface area contributed by atoms with Crippen molar-refractivity contribution in [2.75, 3.05) is 13.6 Å². The Balaban J connectivity index is 2.53. The van der Waals surface area contributed by atoms with Crippen molar-refractivity contribution in [3.63, 3.8) is 0 Å². The minimum Gasteiger partial charge on any atom is -0.387 e. The van der Waals surface area contributed by atoms with Crippen LogP contribution in [0.15, 0.2) is 24.3 Å². The van der Waals surface area contributed by atoms with Gasteiger partial charge in [0.1, 0.15) is 0 Å². The molecular formula is C12H17F2NO. The predicted molar refractivity (Wildman–Crippen MR) is 59.7 cm³/mol. The third kappa shape index (κ3) is 4.24. The molecule has 0 spiro atoms. The molecule has 0 aromatic heterocycles. The van der Waals surface area contributed by atoms with Gasteiger partial charge in [0.05, 0.1) is 6.10 Å². The topological polar surface area (TPSA) is 32.3 Å². The first kappa shape index (κ1) is 13.1. The fourth-order valence-electron chi connectivity index (χ4n) is 1.49. The van der Waals surface area contributed by atoms with Gasteiger partial charge in [0.2, 0.25) is 6.43 Å². The fourth-order valence-corrected chi connectivity index (χ4v) is 1.49. The quantitative estimate of drug-likeness (QED) is 0.783. The molecular weight excluding hydrogens is 212 g/mol. The molecule has 0 aliphatic rings. The third-order valence-corrected chi connectivity index (χ3v) is 2.41. The van der Waals surface area contributed by atoms with Crippen molar-refractivity contribution in [2.45, 2.75) is 25.4 Å². The molecule has 0 radical (unpaired) electrons. The maximum atomic E-state index is 12.0. The summed E-state index contributed by atoms with van der Waals surface area (Å²) in [5.41, 5.74) is 1.68. The minimum atomic E-state index is -2.26. The summed E-state index contributed by atoms with van der Waals surface area (Å²) in [6.45, 7) is 0.483. The van der Waals surface area contributed by atoms with Crippen molar-refractivity contribution in [1.29, 1.82) is 0 Å². The summed E-state index contributed by atoms with van der Waals surface area (Å²) in [6, 6.07) is 7.14. The Morgan fingerprint density at radius 3 is 2.38 bits per heavy atom. The third-order valence-electron chi connectivity index (χ3n) is 2.41. The number of rotatable bonds is 6. The van der Waals surface area contributed by atoms with Gasteiger partial charge in [-0.05, 0) is 24.6 Å². The zero-order valence-corrected chi connectivity index (χ0v) is 9.29. The van der Waals surface area contributed by atoms with Crippen molar-refractivity contribution < 1.29 is 13.9 Å². The van der Waals surface area contributed by atoms with Crippen LogP contribution in [0.4, 0.5) is 8.78 Å². The normalized spacial score (nSPS) is 13.1. The van der Waals surface area contributed by atoms with Crippen LogP contribution in [0.25, 0.3) is 0 Å². The van der Waals surface area contributed by atoms with E-state index < -0.39 is 12.5 Å². The smallest absolute Gasteiger partial charge is 0.239 e. The second kappa shape index (κ2) is 6.55. The monoisotopic (exact) mass is 229 g/mol. The van der Waals surface area contributed by atoms with Crippen molar-refractivity contribution in [2.24, 2.45) is 0 Å².